The van der Waals surface area contributed by atoms with Gasteiger partial charge in [-0.05, 0) is 43.7 Å². The maximum atomic E-state index is 14.1. The third-order valence-corrected chi connectivity index (χ3v) is 5.00. The molecule has 1 aromatic rings. The summed E-state index contributed by atoms with van der Waals surface area (Å²) < 4.78 is 38.6. The topological polar surface area (TPSA) is 18.5 Å². The molecule has 0 aliphatic heterocycles. The zero-order valence-electron chi connectivity index (χ0n) is 15.4. The van der Waals surface area contributed by atoms with Crippen LogP contribution in [0.1, 0.15) is 65.2 Å². The van der Waals surface area contributed by atoms with Gasteiger partial charge in [-0.1, -0.05) is 51.5 Å². The molecule has 25 heavy (non-hydrogen) atoms. The largest absolute Gasteiger partial charge is 0.490 e. The van der Waals surface area contributed by atoms with Crippen LogP contribution >= 0.6 is 0 Å². The van der Waals surface area contributed by atoms with Gasteiger partial charge in [-0.3, -0.25) is 0 Å². The molecule has 140 valence electrons. The molecule has 0 amide bonds. The van der Waals surface area contributed by atoms with Crippen molar-refractivity contribution in [2.24, 2.45) is 11.8 Å². The molecule has 0 saturated heterocycles. The molecule has 1 saturated carbocycles. The fourth-order valence-electron chi connectivity index (χ4n) is 3.44. The molecule has 0 aromatic heterocycles. The van der Waals surface area contributed by atoms with Crippen LogP contribution in [0.15, 0.2) is 24.5 Å². The van der Waals surface area contributed by atoms with Crippen molar-refractivity contribution < 1.29 is 18.3 Å². The van der Waals surface area contributed by atoms with E-state index in [1.54, 1.807) is 13.0 Å². The fraction of sp³-hybridized carbons (Fsp3) is 0.619. The second kappa shape index (κ2) is 10.4. The molecular formula is C21H30F2O2. The predicted octanol–water partition coefficient (Wildman–Crippen LogP) is 6.64. The van der Waals surface area contributed by atoms with Crippen LogP contribution in [-0.2, 0) is 0 Å². The maximum absolute atomic E-state index is 14.1. The van der Waals surface area contributed by atoms with E-state index in [-0.39, 0.29) is 11.5 Å². The van der Waals surface area contributed by atoms with Gasteiger partial charge in [0.25, 0.3) is 0 Å². The molecule has 2 rings (SSSR count). The molecule has 1 aliphatic carbocycles. The minimum atomic E-state index is -1.00. The van der Waals surface area contributed by atoms with Crippen LogP contribution in [0.25, 0.3) is 0 Å². The second-order valence-corrected chi connectivity index (χ2v) is 6.97. The van der Waals surface area contributed by atoms with Gasteiger partial charge in [0, 0.05) is 0 Å². The first-order valence-corrected chi connectivity index (χ1v) is 9.54. The van der Waals surface area contributed by atoms with E-state index in [0.717, 1.165) is 18.8 Å². The Morgan fingerprint density at radius 1 is 1.00 bits per heavy atom. The molecule has 2 nitrogen and oxygen atoms in total. The van der Waals surface area contributed by atoms with Gasteiger partial charge in [0.05, 0.1) is 12.9 Å². The van der Waals surface area contributed by atoms with E-state index in [4.69, 9.17) is 9.47 Å². The molecular weight excluding hydrogens is 322 g/mol. The first-order chi connectivity index (χ1) is 12.2. The summed E-state index contributed by atoms with van der Waals surface area (Å²) in [6.07, 6.45) is 12.9. The van der Waals surface area contributed by atoms with E-state index in [2.05, 4.69) is 6.92 Å². The molecule has 0 atom stereocenters. The molecule has 0 unspecified atom stereocenters. The lowest BCUT2D eigenvalue weighted by atomic mass is 9.80. The Morgan fingerprint density at radius 2 is 1.64 bits per heavy atom. The Kier molecular flexibility index (Phi) is 8.23. The molecule has 4 heteroatoms. The van der Waals surface area contributed by atoms with Crippen LogP contribution in [-0.4, -0.2) is 6.61 Å². The Bertz CT molecular complexity index is 549. The number of rotatable bonds is 9. The highest BCUT2D eigenvalue weighted by atomic mass is 19.2. The molecule has 0 N–H and O–H groups in total. The van der Waals surface area contributed by atoms with E-state index in [1.807, 2.05) is 0 Å². The second-order valence-electron chi connectivity index (χ2n) is 6.97. The van der Waals surface area contributed by atoms with Gasteiger partial charge in [0.1, 0.15) is 0 Å². The molecule has 0 heterocycles. The minimum Gasteiger partial charge on any atom is -0.490 e. The van der Waals surface area contributed by atoms with Crippen molar-refractivity contribution in [3.63, 3.8) is 0 Å². The smallest absolute Gasteiger partial charge is 0.205 e. The fourth-order valence-corrected chi connectivity index (χ4v) is 3.44. The summed E-state index contributed by atoms with van der Waals surface area (Å²) in [5, 5.41) is 0. The number of unbranched alkanes of at least 4 members (excludes halogenated alkanes) is 2. The summed E-state index contributed by atoms with van der Waals surface area (Å²) >= 11 is 0. The lowest BCUT2D eigenvalue weighted by Crippen LogP contribution is -2.20. The molecule has 1 aliphatic rings. The highest BCUT2D eigenvalue weighted by Gasteiger charge is 2.22. The van der Waals surface area contributed by atoms with Crippen molar-refractivity contribution in [3.8, 4) is 11.5 Å². The third kappa shape index (κ3) is 6.02. The molecule has 0 spiro atoms. The van der Waals surface area contributed by atoms with Crippen LogP contribution in [0.4, 0.5) is 8.78 Å². The van der Waals surface area contributed by atoms with Gasteiger partial charge in [-0.2, -0.15) is 8.78 Å². The highest BCUT2D eigenvalue weighted by molar-refractivity contribution is 5.35. The molecule has 0 bridgehead atoms. The summed E-state index contributed by atoms with van der Waals surface area (Å²) in [4.78, 5) is 0. The standard InChI is InChI=1S/C21H30F2O2/c1-3-5-6-7-16-8-10-17(11-9-16)15-25-19-13-12-18(24-14-4-2)20(22)21(19)23/h4,12-14,16-17H,3,5-11,15H2,1-2H3. The van der Waals surface area contributed by atoms with Crippen LogP contribution in [0.3, 0.4) is 0 Å². The van der Waals surface area contributed by atoms with Crippen molar-refractivity contribution in [2.45, 2.75) is 65.2 Å². The number of hydrogen-bond acceptors (Lipinski definition) is 2. The number of hydrogen-bond donors (Lipinski definition) is 0. The lowest BCUT2D eigenvalue weighted by Gasteiger charge is -2.28. The van der Waals surface area contributed by atoms with Crippen LogP contribution in [0.5, 0.6) is 11.5 Å². The summed E-state index contributed by atoms with van der Waals surface area (Å²) in [7, 11) is 0. The van der Waals surface area contributed by atoms with E-state index in [9.17, 15) is 8.78 Å². The van der Waals surface area contributed by atoms with Crippen molar-refractivity contribution >= 4 is 0 Å². The zero-order chi connectivity index (χ0) is 18.1. The third-order valence-electron chi connectivity index (χ3n) is 5.00. The van der Waals surface area contributed by atoms with Crippen molar-refractivity contribution in [3.05, 3.63) is 36.1 Å². The summed E-state index contributed by atoms with van der Waals surface area (Å²) in [5.41, 5.74) is 0. The van der Waals surface area contributed by atoms with Crippen LogP contribution < -0.4 is 9.47 Å². The monoisotopic (exact) mass is 352 g/mol. The van der Waals surface area contributed by atoms with E-state index < -0.39 is 11.6 Å². The Morgan fingerprint density at radius 3 is 2.32 bits per heavy atom. The van der Waals surface area contributed by atoms with E-state index in [1.165, 1.54) is 56.9 Å². The van der Waals surface area contributed by atoms with Crippen LogP contribution in [0, 0.1) is 23.5 Å². The number of allylic oxidation sites excluding steroid dienone is 1. The maximum Gasteiger partial charge on any atom is 0.205 e. The number of halogens is 2. The number of benzene rings is 1. The Balaban J connectivity index is 1.79. The highest BCUT2D eigenvalue weighted by Crippen LogP contribution is 2.33. The van der Waals surface area contributed by atoms with Crippen molar-refractivity contribution in [2.75, 3.05) is 6.61 Å². The van der Waals surface area contributed by atoms with Crippen LogP contribution in [0.2, 0.25) is 0 Å². The molecule has 1 aromatic carbocycles. The SMILES string of the molecule is CC=COc1ccc(OCC2CCC(CCCCC)CC2)c(F)c1F. The summed E-state index contributed by atoms with van der Waals surface area (Å²) in [6.45, 7) is 4.42. The molecule has 0 radical (unpaired) electrons. The minimum absolute atomic E-state index is 0.0320. The average Bonchev–Trinajstić information content (AvgIpc) is 2.63. The van der Waals surface area contributed by atoms with Crippen molar-refractivity contribution in [1.29, 1.82) is 0 Å². The average molecular weight is 352 g/mol. The van der Waals surface area contributed by atoms with Gasteiger partial charge in [0.15, 0.2) is 11.5 Å². The summed E-state index contributed by atoms with van der Waals surface area (Å²) in [6, 6.07) is 2.84. The van der Waals surface area contributed by atoms with Gasteiger partial charge in [0.2, 0.25) is 11.6 Å². The normalized spacial score (nSPS) is 20.8. The quantitative estimate of drug-likeness (QED) is 0.366. The first-order valence-electron chi connectivity index (χ1n) is 9.54. The Labute approximate surface area is 150 Å². The van der Waals surface area contributed by atoms with E-state index >= 15 is 0 Å². The first kappa shape index (κ1) is 19.7. The molecule has 1 fully saturated rings. The Hall–Kier alpha value is -1.58. The predicted molar refractivity (Wildman–Crippen MR) is 96.9 cm³/mol. The zero-order valence-corrected chi connectivity index (χ0v) is 15.4. The van der Waals surface area contributed by atoms with Gasteiger partial charge >= 0.3 is 0 Å². The lowest BCUT2D eigenvalue weighted by molar-refractivity contribution is 0.172. The van der Waals surface area contributed by atoms with Crippen molar-refractivity contribution in [1.82, 2.24) is 0 Å². The summed E-state index contributed by atoms with van der Waals surface area (Å²) in [5.74, 6) is -0.875. The number of ether oxygens (including phenoxy) is 2. The van der Waals surface area contributed by atoms with Gasteiger partial charge in [-0.15, -0.1) is 0 Å². The van der Waals surface area contributed by atoms with Gasteiger partial charge in [-0.25, -0.2) is 0 Å². The van der Waals surface area contributed by atoms with E-state index in [0.29, 0.717) is 12.5 Å². The van der Waals surface area contributed by atoms with Gasteiger partial charge < -0.3 is 9.47 Å².